The highest BCUT2D eigenvalue weighted by Gasteiger charge is 2.37. The van der Waals surface area contributed by atoms with E-state index in [1.54, 1.807) is 19.5 Å². The van der Waals surface area contributed by atoms with Crippen molar-refractivity contribution in [1.82, 2.24) is 20.0 Å². The van der Waals surface area contributed by atoms with E-state index in [1.165, 1.54) is 12.8 Å². The van der Waals surface area contributed by atoms with Crippen LogP contribution in [-0.2, 0) is 4.74 Å². The predicted octanol–water partition coefficient (Wildman–Crippen LogP) is 0.735. The molecule has 110 valence electrons. The van der Waals surface area contributed by atoms with Gasteiger partial charge in [-0.05, 0) is 32.4 Å². The van der Waals surface area contributed by atoms with Gasteiger partial charge in [-0.2, -0.15) is 5.10 Å². The van der Waals surface area contributed by atoms with Gasteiger partial charge in [0.15, 0.2) is 0 Å². The number of likely N-dealkylation sites (tertiary alicyclic amines) is 2. The highest BCUT2D eigenvalue weighted by molar-refractivity contribution is 5.94. The second-order valence-corrected chi connectivity index (χ2v) is 5.70. The van der Waals surface area contributed by atoms with Crippen molar-refractivity contribution in [2.45, 2.75) is 31.4 Å². The molecule has 0 aliphatic carbocycles. The van der Waals surface area contributed by atoms with E-state index in [9.17, 15) is 4.79 Å². The summed E-state index contributed by atoms with van der Waals surface area (Å²) >= 11 is 0. The minimum absolute atomic E-state index is 0.0579. The minimum atomic E-state index is 0.0579. The first-order valence-electron chi connectivity index (χ1n) is 7.33. The number of nitrogens with zero attached hydrogens (tertiary/aromatic N) is 3. The number of hydrogen-bond donors (Lipinski definition) is 1. The number of carbonyl (C=O) groups is 1. The molecule has 0 saturated carbocycles. The van der Waals surface area contributed by atoms with Gasteiger partial charge >= 0.3 is 0 Å². The van der Waals surface area contributed by atoms with E-state index in [2.05, 4.69) is 15.1 Å². The van der Waals surface area contributed by atoms with Gasteiger partial charge in [0.2, 0.25) is 0 Å². The van der Waals surface area contributed by atoms with Crippen LogP contribution in [0.25, 0.3) is 0 Å². The lowest BCUT2D eigenvalue weighted by atomic mass is 10.2. The van der Waals surface area contributed by atoms with E-state index in [1.807, 2.05) is 4.90 Å². The topological polar surface area (TPSA) is 61.5 Å². The number of amides is 1. The molecule has 2 aliphatic rings. The molecule has 3 rings (SSSR count). The molecular weight excluding hydrogens is 256 g/mol. The van der Waals surface area contributed by atoms with Gasteiger partial charge in [-0.3, -0.25) is 9.89 Å². The van der Waals surface area contributed by atoms with E-state index in [-0.39, 0.29) is 18.1 Å². The van der Waals surface area contributed by atoms with Crippen LogP contribution in [0.3, 0.4) is 0 Å². The SMILES string of the molecule is CO[C@H]1C[C@@H](CN2CCCC2)N(C(=O)c2cn[nH]c2)C1. The molecule has 1 N–H and O–H groups in total. The van der Waals surface area contributed by atoms with Crippen LogP contribution in [0.1, 0.15) is 29.6 Å². The van der Waals surface area contributed by atoms with E-state index in [4.69, 9.17) is 4.74 Å². The third-order valence-corrected chi connectivity index (χ3v) is 4.38. The van der Waals surface area contributed by atoms with Crippen LogP contribution >= 0.6 is 0 Å². The van der Waals surface area contributed by atoms with Crippen LogP contribution in [0.2, 0.25) is 0 Å². The van der Waals surface area contributed by atoms with Crippen LogP contribution in [0.4, 0.5) is 0 Å². The van der Waals surface area contributed by atoms with Gasteiger partial charge in [-0.15, -0.1) is 0 Å². The van der Waals surface area contributed by atoms with Crippen molar-refractivity contribution < 1.29 is 9.53 Å². The molecule has 20 heavy (non-hydrogen) atoms. The molecule has 6 heteroatoms. The Morgan fingerprint density at radius 3 is 2.95 bits per heavy atom. The average Bonchev–Trinajstić information content (AvgIpc) is 3.20. The first-order valence-corrected chi connectivity index (χ1v) is 7.33. The Kier molecular flexibility index (Phi) is 4.03. The fourth-order valence-electron chi connectivity index (χ4n) is 3.26. The van der Waals surface area contributed by atoms with Crippen molar-refractivity contribution in [2.75, 3.05) is 33.3 Å². The normalized spacial score (nSPS) is 27.4. The molecule has 0 spiro atoms. The fraction of sp³-hybridized carbons (Fsp3) is 0.714. The van der Waals surface area contributed by atoms with Crippen LogP contribution in [0.5, 0.6) is 0 Å². The summed E-state index contributed by atoms with van der Waals surface area (Å²) in [6.45, 7) is 3.95. The zero-order chi connectivity index (χ0) is 13.9. The molecule has 2 fully saturated rings. The van der Waals surface area contributed by atoms with E-state index >= 15 is 0 Å². The van der Waals surface area contributed by atoms with Gasteiger partial charge in [-0.1, -0.05) is 0 Å². The standard InChI is InChI=1S/C14H22N4O2/c1-20-13-6-12(9-17-4-2-3-5-17)18(10-13)14(19)11-7-15-16-8-11/h7-8,12-13H,2-6,9-10H2,1H3,(H,15,16)/t12-,13-/m0/s1. The largest absolute Gasteiger partial charge is 0.380 e. The number of aromatic nitrogens is 2. The highest BCUT2D eigenvalue weighted by Crippen LogP contribution is 2.24. The Morgan fingerprint density at radius 2 is 2.30 bits per heavy atom. The molecular formula is C14H22N4O2. The summed E-state index contributed by atoms with van der Waals surface area (Å²) in [6.07, 6.45) is 6.88. The Bertz CT molecular complexity index is 442. The monoisotopic (exact) mass is 278 g/mol. The summed E-state index contributed by atoms with van der Waals surface area (Å²) in [5.41, 5.74) is 0.633. The Morgan fingerprint density at radius 1 is 1.50 bits per heavy atom. The maximum absolute atomic E-state index is 12.5. The second-order valence-electron chi connectivity index (χ2n) is 5.70. The Balaban J connectivity index is 1.70. The summed E-state index contributed by atoms with van der Waals surface area (Å²) in [7, 11) is 1.73. The molecule has 1 aromatic rings. The number of ether oxygens (including phenoxy) is 1. The lowest BCUT2D eigenvalue weighted by Gasteiger charge is -2.27. The van der Waals surface area contributed by atoms with Gasteiger partial charge < -0.3 is 14.5 Å². The van der Waals surface area contributed by atoms with Crippen molar-refractivity contribution in [2.24, 2.45) is 0 Å². The molecule has 1 aromatic heterocycles. The zero-order valence-electron chi connectivity index (χ0n) is 11.9. The first-order chi connectivity index (χ1) is 9.78. The summed E-state index contributed by atoms with van der Waals surface area (Å²) in [4.78, 5) is 17.0. The molecule has 2 atom stereocenters. The molecule has 0 bridgehead atoms. The second kappa shape index (κ2) is 5.93. The fourth-order valence-corrected chi connectivity index (χ4v) is 3.26. The van der Waals surface area contributed by atoms with Gasteiger partial charge in [0, 0.05) is 32.4 Å². The molecule has 6 nitrogen and oxygen atoms in total. The van der Waals surface area contributed by atoms with E-state index in [0.29, 0.717) is 12.1 Å². The number of aromatic amines is 1. The van der Waals surface area contributed by atoms with E-state index in [0.717, 1.165) is 26.1 Å². The Labute approximate surface area is 119 Å². The zero-order valence-corrected chi connectivity index (χ0v) is 11.9. The molecule has 1 amide bonds. The number of H-pyrrole nitrogens is 1. The summed E-state index contributed by atoms with van der Waals surface area (Å²) in [5.74, 6) is 0.0579. The summed E-state index contributed by atoms with van der Waals surface area (Å²) in [6, 6.07) is 0.250. The van der Waals surface area contributed by atoms with Crippen LogP contribution in [-0.4, -0.2) is 71.3 Å². The third kappa shape index (κ3) is 2.71. The number of carbonyl (C=O) groups excluding carboxylic acids is 1. The van der Waals surface area contributed by atoms with Crippen molar-refractivity contribution >= 4 is 5.91 Å². The average molecular weight is 278 g/mol. The molecule has 2 saturated heterocycles. The maximum atomic E-state index is 12.5. The van der Waals surface area contributed by atoms with E-state index < -0.39 is 0 Å². The molecule has 0 radical (unpaired) electrons. The molecule has 0 unspecified atom stereocenters. The maximum Gasteiger partial charge on any atom is 0.257 e. The lowest BCUT2D eigenvalue weighted by Crippen LogP contribution is -2.42. The number of hydrogen-bond acceptors (Lipinski definition) is 4. The van der Waals surface area contributed by atoms with Gasteiger partial charge in [0.1, 0.15) is 0 Å². The number of methoxy groups -OCH3 is 1. The number of rotatable bonds is 4. The van der Waals surface area contributed by atoms with Crippen molar-refractivity contribution in [1.29, 1.82) is 0 Å². The highest BCUT2D eigenvalue weighted by atomic mass is 16.5. The quantitative estimate of drug-likeness (QED) is 0.882. The van der Waals surface area contributed by atoms with Crippen molar-refractivity contribution in [3.63, 3.8) is 0 Å². The van der Waals surface area contributed by atoms with Gasteiger partial charge in [0.05, 0.1) is 17.9 Å². The van der Waals surface area contributed by atoms with Crippen molar-refractivity contribution in [3.05, 3.63) is 18.0 Å². The van der Waals surface area contributed by atoms with Gasteiger partial charge in [-0.25, -0.2) is 0 Å². The molecule has 3 heterocycles. The number of nitrogens with one attached hydrogen (secondary N) is 1. The third-order valence-electron chi connectivity index (χ3n) is 4.38. The van der Waals surface area contributed by atoms with Crippen LogP contribution < -0.4 is 0 Å². The minimum Gasteiger partial charge on any atom is -0.380 e. The molecule has 0 aromatic carbocycles. The smallest absolute Gasteiger partial charge is 0.257 e. The summed E-state index contributed by atoms with van der Waals surface area (Å²) < 4.78 is 5.47. The molecule has 2 aliphatic heterocycles. The summed E-state index contributed by atoms with van der Waals surface area (Å²) in [5, 5.41) is 6.58. The van der Waals surface area contributed by atoms with Gasteiger partial charge in [0.25, 0.3) is 5.91 Å². The predicted molar refractivity (Wildman–Crippen MR) is 74.5 cm³/mol. The first kappa shape index (κ1) is 13.6. The lowest BCUT2D eigenvalue weighted by molar-refractivity contribution is 0.0670. The van der Waals surface area contributed by atoms with Crippen molar-refractivity contribution in [3.8, 4) is 0 Å². The van der Waals surface area contributed by atoms with Crippen LogP contribution in [0, 0.1) is 0 Å². The Hall–Kier alpha value is -1.40. The van der Waals surface area contributed by atoms with Crippen LogP contribution in [0.15, 0.2) is 12.4 Å².